The normalized spacial score (nSPS) is 10.4. The lowest BCUT2D eigenvalue weighted by Crippen LogP contribution is -2.06. The van der Waals surface area contributed by atoms with Gasteiger partial charge in [0.2, 0.25) is 0 Å². The molecule has 2 rings (SSSR count). The van der Waals surface area contributed by atoms with E-state index in [1.165, 1.54) is 11.3 Å². The van der Waals surface area contributed by atoms with Crippen molar-refractivity contribution >= 4 is 17.3 Å². The summed E-state index contributed by atoms with van der Waals surface area (Å²) in [7, 11) is 0. The Hall–Kier alpha value is -1.62. The Balaban J connectivity index is 2.32. The molecule has 2 aromatic rings. The first-order valence-corrected chi connectivity index (χ1v) is 5.71. The standard InChI is InChI=1S/C11H11NO3S/c1-3-15-11(13)9-7(2)16-10(12-9)8-4-5-14-6-8/h4-6H,3H2,1-2H3. The van der Waals surface area contributed by atoms with Gasteiger partial charge in [0, 0.05) is 10.4 Å². The molecule has 2 aromatic heterocycles. The summed E-state index contributed by atoms with van der Waals surface area (Å²) >= 11 is 1.45. The highest BCUT2D eigenvalue weighted by Crippen LogP contribution is 2.28. The minimum atomic E-state index is -0.369. The lowest BCUT2D eigenvalue weighted by atomic mass is 10.3. The molecular weight excluding hydrogens is 226 g/mol. The van der Waals surface area contributed by atoms with E-state index in [-0.39, 0.29) is 5.97 Å². The van der Waals surface area contributed by atoms with E-state index in [2.05, 4.69) is 4.98 Å². The molecule has 0 aliphatic carbocycles. The van der Waals surface area contributed by atoms with Crippen LogP contribution in [0.4, 0.5) is 0 Å². The van der Waals surface area contributed by atoms with Crippen molar-refractivity contribution in [2.45, 2.75) is 13.8 Å². The molecule has 0 saturated carbocycles. The van der Waals surface area contributed by atoms with Gasteiger partial charge in [0.15, 0.2) is 5.69 Å². The summed E-state index contributed by atoms with van der Waals surface area (Å²) in [5.41, 5.74) is 1.27. The summed E-state index contributed by atoms with van der Waals surface area (Å²) in [5, 5.41) is 0.773. The van der Waals surface area contributed by atoms with E-state index in [4.69, 9.17) is 9.15 Å². The van der Waals surface area contributed by atoms with Crippen LogP contribution in [0.15, 0.2) is 23.0 Å². The van der Waals surface area contributed by atoms with Crippen LogP contribution in [-0.2, 0) is 4.74 Å². The molecule has 5 heteroatoms. The third-order valence-electron chi connectivity index (χ3n) is 2.03. The molecule has 4 nitrogen and oxygen atoms in total. The number of hydrogen-bond donors (Lipinski definition) is 0. The maximum atomic E-state index is 11.5. The number of esters is 1. The zero-order valence-corrected chi connectivity index (χ0v) is 9.84. The van der Waals surface area contributed by atoms with Gasteiger partial charge < -0.3 is 9.15 Å². The second-order valence-electron chi connectivity index (χ2n) is 3.16. The van der Waals surface area contributed by atoms with E-state index >= 15 is 0 Å². The molecule has 0 unspecified atom stereocenters. The van der Waals surface area contributed by atoms with Crippen molar-refractivity contribution < 1.29 is 13.9 Å². The number of aromatic nitrogens is 1. The summed E-state index contributed by atoms with van der Waals surface area (Å²) < 4.78 is 9.90. The van der Waals surface area contributed by atoms with Crippen molar-refractivity contribution in [1.82, 2.24) is 4.98 Å². The van der Waals surface area contributed by atoms with E-state index in [1.54, 1.807) is 19.5 Å². The maximum Gasteiger partial charge on any atom is 0.358 e. The van der Waals surface area contributed by atoms with E-state index in [9.17, 15) is 4.79 Å². The fraction of sp³-hybridized carbons (Fsp3) is 0.273. The minimum absolute atomic E-state index is 0.358. The molecule has 0 atom stereocenters. The Morgan fingerprint density at radius 2 is 2.44 bits per heavy atom. The molecule has 0 radical (unpaired) electrons. The van der Waals surface area contributed by atoms with Crippen LogP contribution in [-0.4, -0.2) is 17.6 Å². The second kappa shape index (κ2) is 4.49. The number of carbonyl (C=O) groups excluding carboxylic acids is 1. The Morgan fingerprint density at radius 1 is 1.62 bits per heavy atom. The summed E-state index contributed by atoms with van der Waals surface area (Å²) in [4.78, 5) is 16.7. The van der Waals surface area contributed by atoms with Crippen LogP contribution in [0.2, 0.25) is 0 Å². The molecule has 2 heterocycles. The zero-order chi connectivity index (χ0) is 11.5. The summed E-state index contributed by atoms with van der Waals surface area (Å²) in [5.74, 6) is -0.369. The molecular formula is C11H11NO3S. The first-order valence-electron chi connectivity index (χ1n) is 4.89. The number of hydrogen-bond acceptors (Lipinski definition) is 5. The first-order chi connectivity index (χ1) is 7.72. The lowest BCUT2D eigenvalue weighted by Gasteiger charge is -1.97. The molecule has 0 amide bonds. The molecule has 0 aromatic carbocycles. The molecule has 0 spiro atoms. The fourth-order valence-electron chi connectivity index (χ4n) is 1.29. The van der Waals surface area contributed by atoms with Gasteiger partial charge in [-0.3, -0.25) is 0 Å². The number of aryl methyl sites for hydroxylation is 1. The van der Waals surface area contributed by atoms with Gasteiger partial charge >= 0.3 is 5.97 Å². The molecule has 0 fully saturated rings. The van der Waals surface area contributed by atoms with Crippen molar-refractivity contribution in [1.29, 1.82) is 0 Å². The van der Waals surface area contributed by atoms with Crippen LogP contribution in [0.3, 0.4) is 0 Å². The summed E-state index contributed by atoms with van der Waals surface area (Å²) in [6, 6.07) is 1.81. The Bertz CT molecular complexity index is 487. The van der Waals surface area contributed by atoms with Crippen LogP contribution in [0.5, 0.6) is 0 Å². The number of furan rings is 1. The third kappa shape index (κ3) is 1.99. The number of rotatable bonds is 3. The molecule has 0 aliphatic rings. The van der Waals surface area contributed by atoms with Crippen LogP contribution in [0.25, 0.3) is 10.6 Å². The van der Waals surface area contributed by atoms with Crippen molar-refractivity contribution in [3.05, 3.63) is 29.2 Å². The Morgan fingerprint density at radius 3 is 3.06 bits per heavy atom. The second-order valence-corrected chi connectivity index (χ2v) is 4.36. The van der Waals surface area contributed by atoms with Gasteiger partial charge in [0.25, 0.3) is 0 Å². The van der Waals surface area contributed by atoms with Crippen molar-refractivity contribution in [2.24, 2.45) is 0 Å². The predicted molar refractivity (Wildman–Crippen MR) is 60.5 cm³/mol. The molecule has 84 valence electrons. The third-order valence-corrected chi connectivity index (χ3v) is 3.05. The average Bonchev–Trinajstić information content (AvgIpc) is 2.86. The molecule has 0 saturated heterocycles. The number of thiazole rings is 1. The largest absolute Gasteiger partial charge is 0.472 e. The monoisotopic (exact) mass is 237 g/mol. The van der Waals surface area contributed by atoms with Gasteiger partial charge in [0.1, 0.15) is 11.3 Å². The van der Waals surface area contributed by atoms with E-state index in [0.29, 0.717) is 12.3 Å². The zero-order valence-electron chi connectivity index (χ0n) is 9.02. The van der Waals surface area contributed by atoms with E-state index < -0.39 is 0 Å². The predicted octanol–water partition coefficient (Wildman–Crippen LogP) is 2.89. The topological polar surface area (TPSA) is 52.3 Å². The molecule has 16 heavy (non-hydrogen) atoms. The lowest BCUT2D eigenvalue weighted by molar-refractivity contribution is 0.0519. The van der Waals surface area contributed by atoms with Crippen molar-refractivity contribution in [2.75, 3.05) is 6.61 Å². The van der Waals surface area contributed by atoms with Crippen LogP contribution in [0, 0.1) is 6.92 Å². The van der Waals surface area contributed by atoms with Gasteiger partial charge in [-0.2, -0.15) is 0 Å². The van der Waals surface area contributed by atoms with E-state index in [0.717, 1.165) is 15.4 Å². The first kappa shape index (κ1) is 10.9. The SMILES string of the molecule is CCOC(=O)c1nc(-c2ccoc2)sc1C. The number of nitrogens with zero attached hydrogens (tertiary/aromatic N) is 1. The van der Waals surface area contributed by atoms with Crippen LogP contribution in [0.1, 0.15) is 22.3 Å². The van der Waals surface area contributed by atoms with Gasteiger partial charge in [-0.1, -0.05) is 0 Å². The number of ether oxygens (including phenoxy) is 1. The quantitative estimate of drug-likeness (QED) is 0.770. The highest BCUT2D eigenvalue weighted by atomic mass is 32.1. The minimum Gasteiger partial charge on any atom is -0.472 e. The molecule has 0 bridgehead atoms. The van der Waals surface area contributed by atoms with Crippen LogP contribution < -0.4 is 0 Å². The fourth-order valence-corrected chi connectivity index (χ4v) is 2.18. The highest BCUT2D eigenvalue weighted by molar-refractivity contribution is 7.15. The molecule has 0 N–H and O–H groups in total. The van der Waals surface area contributed by atoms with Crippen LogP contribution >= 0.6 is 11.3 Å². The molecule has 0 aliphatic heterocycles. The summed E-state index contributed by atoms with van der Waals surface area (Å²) in [6.07, 6.45) is 3.18. The highest BCUT2D eigenvalue weighted by Gasteiger charge is 2.17. The van der Waals surface area contributed by atoms with Crippen molar-refractivity contribution in [3.8, 4) is 10.6 Å². The summed E-state index contributed by atoms with van der Waals surface area (Å²) in [6.45, 7) is 3.99. The Kier molecular flexibility index (Phi) is 3.05. The van der Waals surface area contributed by atoms with Gasteiger partial charge in [-0.15, -0.1) is 11.3 Å². The smallest absolute Gasteiger partial charge is 0.358 e. The maximum absolute atomic E-state index is 11.5. The number of carbonyl (C=O) groups is 1. The van der Waals surface area contributed by atoms with E-state index in [1.807, 2.05) is 13.0 Å². The van der Waals surface area contributed by atoms with Gasteiger partial charge in [-0.25, -0.2) is 9.78 Å². The van der Waals surface area contributed by atoms with Crippen molar-refractivity contribution in [3.63, 3.8) is 0 Å². The van der Waals surface area contributed by atoms with Gasteiger partial charge in [0.05, 0.1) is 12.9 Å². The average molecular weight is 237 g/mol. The van der Waals surface area contributed by atoms with Gasteiger partial charge in [-0.05, 0) is 19.9 Å². The Labute approximate surface area is 96.9 Å².